The number of hydrogen-bond donors (Lipinski definition) is 0. The van der Waals surface area contributed by atoms with E-state index in [1.165, 1.54) is 6.08 Å². The number of aryl methyl sites for hydroxylation is 1. The van der Waals surface area contributed by atoms with E-state index < -0.39 is 10.1 Å². The van der Waals surface area contributed by atoms with Crippen molar-refractivity contribution >= 4 is 26.9 Å². The van der Waals surface area contributed by atoms with Gasteiger partial charge in [0.05, 0.1) is 0 Å². The molecule has 0 saturated carbocycles. The van der Waals surface area contributed by atoms with Gasteiger partial charge in [0.2, 0.25) is 0 Å². The molecule has 92 valence electrons. The van der Waals surface area contributed by atoms with Crippen LogP contribution in [-0.4, -0.2) is 19.3 Å². The van der Waals surface area contributed by atoms with Crippen molar-refractivity contribution in [1.29, 1.82) is 0 Å². The van der Waals surface area contributed by atoms with Crippen LogP contribution in [0.15, 0.2) is 42.1 Å². The first kappa shape index (κ1) is 13.7. The molecule has 0 amide bonds. The Labute approximate surface area is 106 Å². The van der Waals surface area contributed by atoms with Gasteiger partial charge in [-0.1, -0.05) is 52.7 Å². The van der Waals surface area contributed by atoms with Crippen molar-refractivity contribution in [1.82, 2.24) is 0 Å². The third-order valence-corrected chi connectivity index (χ3v) is 3.08. The van der Waals surface area contributed by atoms with Crippen LogP contribution in [0.4, 0.5) is 0 Å². The summed E-state index contributed by atoms with van der Waals surface area (Å²) in [4.78, 5) is 0. The van der Waals surface area contributed by atoms with Crippen LogP contribution in [0, 0.1) is 6.92 Å². The molecule has 0 spiro atoms. The Morgan fingerprint density at radius 1 is 1.47 bits per heavy atom. The van der Waals surface area contributed by atoms with Crippen LogP contribution in [-0.2, 0) is 14.4 Å². The van der Waals surface area contributed by atoms with Crippen molar-refractivity contribution in [3.8, 4) is 0 Å². The maximum atomic E-state index is 11.2. The van der Waals surface area contributed by atoms with Gasteiger partial charge in [-0.3, -0.25) is 4.28 Å². The van der Waals surface area contributed by atoms with Crippen LogP contribution in [0.2, 0.25) is 0 Å². The van der Waals surface area contributed by atoms with E-state index in [4.69, 9.17) is 11.6 Å². The Morgan fingerprint density at radius 3 is 2.59 bits per heavy atom. The molecule has 0 heterocycles. The van der Waals surface area contributed by atoms with Gasteiger partial charge in [0.15, 0.2) is 5.17 Å². The SMILES string of the molecule is C=CCS(=O)(=O)ON=C(Cl)c1ccc(C)cc1. The molecule has 1 aromatic carbocycles. The standard InChI is InChI=1S/C11H12ClNO3S/c1-3-8-17(14,15)16-13-11(12)10-6-4-9(2)5-7-10/h3-7H,1,8H2,2H3. The normalized spacial score (nSPS) is 12.2. The average Bonchev–Trinajstić information content (AvgIpc) is 2.27. The van der Waals surface area contributed by atoms with E-state index in [9.17, 15) is 8.42 Å². The summed E-state index contributed by atoms with van der Waals surface area (Å²) in [6, 6.07) is 7.13. The molecule has 0 radical (unpaired) electrons. The molecular weight excluding hydrogens is 262 g/mol. The van der Waals surface area contributed by atoms with Crippen molar-refractivity contribution in [3.63, 3.8) is 0 Å². The number of hydrogen-bond acceptors (Lipinski definition) is 4. The third kappa shape index (κ3) is 4.58. The van der Waals surface area contributed by atoms with Gasteiger partial charge in [-0.2, -0.15) is 8.42 Å². The Bertz CT molecular complexity index is 520. The maximum absolute atomic E-state index is 11.2. The predicted octanol–water partition coefficient (Wildman–Crippen LogP) is 2.43. The predicted molar refractivity (Wildman–Crippen MR) is 68.6 cm³/mol. The van der Waals surface area contributed by atoms with Crippen molar-refractivity contribution in [2.24, 2.45) is 5.16 Å². The molecule has 0 unspecified atom stereocenters. The van der Waals surface area contributed by atoms with Crippen molar-refractivity contribution in [2.75, 3.05) is 5.75 Å². The summed E-state index contributed by atoms with van der Waals surface area (Å²) >= 11 is 5.80. The van der Waals surface area contributed by atoms with Crippen molar-refractivity contribution in [3.05, 3.63) is 48.0 Å². The van der Waals surface area contributed by atoms with Gasteiger partial charge in [-0.25, -0.2) is 0 Å². The number of benzene rings is 1. The lowest BCUT2D eigenvalue weighted by Crippen LogP contribution is -2.06. The second kappa shape index (κ2) is 5.84. The molecule has 0 aliphatic carbocycles. The number of oxime groups is 1. The molecule has 0 saturated heterocycles. The minimum absolute atomic E-state index is 0.0161. The lowest BCUT2D eigenvalue weighted by Gasteiger charge is -2.00. The Morgan fingerprint density at radius 2 is 2.06 bits per heavy atom. The quantitative estimate of drug-likeness (QED) is 0.470. The summed E-state index contributed by atoms with van der Waals surface area (Å²) in [5.74, 6) is -0.311. The van der Waals surface area contributed by atoms with Gasteiger partial charge >= 0.3 is 10.1 Å². The largest absolute Gasteiger partial charge is 0.332 e. The van der Waals surface area contributed by atoms with Crippen LogP contribution in [0.3, 0.4) is 0 Å². The highest BCUT2D eigenvalue weighted by Crippen LogP contribution is 2.08. The van der Waals surface area contributed by atoms with Crippen LogP contribution in [0.25, 0.3) is 0 Å². The van der Waals surface area contributed by atoms with Gasteiger partial charge in [0, 0.05) is 5.56 Å². The van der Waals surface area contributed by atoms with Crippen LogP contribution in [0.1, 0.15) is 11.1 Å². The zero-order valence-corrected chi connectivity index (χ0v) is 10.8. The van der Waals surface area contributed by atoms with Gasteiger partial charge in [0.1, 0.15) is 5.75 Å². The highest BCUT2D eigenvalue weighted by atomic mass is 35.5. The van der Waals surface area contributed by atoms with E-state index in [1.807, 2.05) is 19.1 Å². The number of halogens is 1. The minimum atomic E-state index is -3.73. The molecule has 1 rings (SSSR count). The molecule has 17 heavy (non-hydrogen) atoms. The summed E-state index contributed by atoms with van der Waals surface area (Å²) < 4.78 is 26.7. The fourth-order valence-corrected chi connectivity index (χ4v) is 1.75. The van der Waals surface area contributed by atoms with E-state index in [0.29, 0.717) is 5.56 Å². The first-order valence-electron chi connectivity index (χ1n) is 4.77. The van der Waals surface area contributed by atoms with Crippen LogP contribution < -0.4 is 0 Å². The molecule has 0 atom stereocenters. The highest BCUT2D eigenvalue weighted by molar-refractivity contribution is 7.86. The van der Waals surface area contributed by atoms with Crippen molar-refractivity contribution in [2.45, 2.75) is 6.92 Å². The van der Waals surface area contributed by atoms with E-state index in [0.717, 1.165) is 5.56 Å². The maximum Gasteiger partial charge on any atom is 0.332 e. The molecule has 6 heteroatoms. The summed E-state index contributed by atoms with van der Waals surface area (Å²) in [7, 11) is -3.73. The summed E-state index contributed by atoms with van der Waals surface area (Å²) in [5, 5.41) is 3.34. The zero-order valence-electron chi connectivity index (χ0n) is 9.26. The van der Waals surface area contributed by atoms with Gasteiger partial charge in [0.25, 0.3) is 0 Å². The summed E-state index contributed by atoms with van der Waals surface area (Å²) in [6.45, 7) is 5.23. The topological polar surface area (TPSA) is 55.7 Å². The third-order valence-electron chi connectivity index (χ3n) is 1.84. The van der Waals surface area contributed by atoms with Gasteiger partial charge in [-0.15, -0.1) is 6.58 Å². The second-order valence-corrected chi connectivity index (χ2v) is 5.29. The van der Waals surface area contributed by atoms with E-state index in [2.05, 4.69) is 16.0 Å². The highest BCUT2D eigenvalue weighted by Gasteiger charge is 2.09. The second-order valence-electron chi connectivity index (χ2n) is 3.34. The van der Waals surface area contributed by atoms with Gasteiger partial charge < -0.3 is 0 Å². The number of rotatable bonds is 5. The van der Waals surface area contributed by atoms with E-state index in [-0.39, 0.29) is 10.9 Å². The Balaban J connectivity index is 2.80. The first-order chi connectivity index (χ1) is 7.94. The van der Waals surface area contributed by atoms with Gasteiger partial charge in [-0.05, 0) is 6.92 Å². The fraction of sp³-hybridized carbons (Fsp3) is 0.182. The smallest absolute Gasteiger partial charge is 0.267 e. The molecule has 0 aliphatic heterocycles. The molecular formula is C11H12ClNO3S. The molecule has 0 aromatic heterocycles. The number of nitrogens with zero attached hydrogens (tertiary/aromatic N) is 1. The van der Waals surface area contributed by atoms with Crippen molar-refractivity contribution < 1.29 is 12.7 Å². The zero-order chi connectivity index (χ0) is 12.9. The first-order valence-corrected chi connectivity index (χ1v) is 6.73. The fourth-order valence-electron chi connectivity index (χ4n) is 1.01. The lowest BCUT2D eigenvalue weighted by atomic mass is 10.2. The van der Waals surface area contributed by atoms with Crippen LogP contribution in [0.5, 0.6) is 0 Å². The Kier molecular flexibility index (Phi) is 4.72. The molecule has 0 aliphatic rings. The average molecular weight is 274 g/mol. The minimum Gasteiger partial charge on any atom is -0.267 e. The molecule has 0 N–H and O–H groups in total. The molecule has 0 bridgehead atoms. The Hall–Kier alpha value is -1.33. The molecule has 0 fully saturated rings. The van der Waals surface area contributed by atoms with Crippen LogP contribution >= 0.6 is 11.6 Å². The van der Waals surface area contributed by atoms with E-state index >= 15 is 0 Å². The lowest BCUT2D eigenvalue weighted by molar-refractivity contribution is 0.342. The monoisotopic (exact) mass is 273 g/mol. The summed E-state index contributed by atoms with van der Waals surface area (Å²) in [5.41, 5.74) is 1.66. The van der Waals surface area contributed by atoms with E-state index in [1.54, 1.807) is 12.1 Å². The molecule has 4 nitrogen and oxygen atoms in total. The molecule has 1 aromatic rings. The summed E-state index contributed by atoms with van der Waals surface area (Å²) in [6.07, 6.45) is 1.21.